The maximum atomic E-state index is 12.5. The van der Waals surface area contributed by atoms with E-state index >= 15 is 0 Å². The molecule has 7 N–H and O–H groups in total. The Morgan fingerprint density at radius 2 is 2.07 bits per heavy atom. The average molecular weight is 413 g/mol. The number of imide groups is 1. The van der Waals surface area contributed by atoms with E-state index in [-0.39, 0.29) is 31.9 Å². The van der Waals surface area contributed by atoms with Crippen LogP contribution in [0.1, 0.15) is 37.4 Å². The molecule has 1 saturated carbocycles. The van der Waals surface area contributed by atoms with Gasteiger partial charge in [-0.05, 0) is 30.4 Å². The van der Waals surface area contributed by atoms with E-state index < -0.39 is 0 Å². The topological polar surface area (TPSA) is 160 Å². The summed E-state index contributed by atoms with van der Waals surface area (Å²) < 4.78 is 1.89. The van der Waals surface area contributed by atoms with Crippen molar-refractivity contribution < 1.29 is 9.59 Å². The molecule has 11 heteroatoms. The number of aliphatic imine (C=N–C) groups is 1. The summed E-state index contributed by atoms with van der Waals surface area (Å²) in [5.41, 5.74) is 19.3. The molecule has 3 amide bonds. The zero-order valence-electron chi connectivity index (χ0n) is 16.0. The third-order valence-electron chi connectivity index (χ3n) is 4.99. The Balaban J connectivity index is 0.00000256. The Morgan fingerprint density at radius 1 is 1.33 bits per heavy atom. The second-order valence-corrected chi connectivity index (χ2v) is 7.16. The number of anilines is 1. The van der Waals surface area contributed by atoms with Gasteiger partial charge in [0.05, 0.1) is 17.9 Å². The van der Waals surface area contributed by atoms with Gasteiger partial charge in [-0.2, -0.15) is 4.99 Å². The minimum atomic E-state index is -0.353. The van der Waals surface area contributed by atoms with Crippen molar-refractivity contribution in [2.45, 2.75) is 32.7 Å². The highest BCUT2D eigenvalue weighted by molar-refractivity contribution is 6.13. The summed E-state index contributed by atoms with van der Waals surface area (Å²) in [4.78, 5) is 35.7. The molecule has 2 aliphatic rings. The molecule has 2 aromatic rings. The van der Waals surface area contributed by atoms with Gasteiger partial charge in [0.25, 0.3) is 0 Å². The van der Waals surface area contributed by atoms with E-state index in [1.807, 2.05) is 22.9 Å². The van der Waals surface area contributed by atoms with Crippen molar-refractivity contribution in [1.29, 1.82) is 0 Å². The van der Waals surface area contributed by atoms with E-state index in [4.69, 9.17) is 17.2 Å². The van der Waals surface area contributed by atoms with Crippen LogP contribution in [-0.2, 0) is 11.3 Å². The molecule has 1 saturated heterocycles. The molecule has 0 aromatic carbocycles. The van der Waals surface area contributed by atoms with Gasteiger partial charge in [0.15, 0.2) is 11.6 Å². The first-order chi connectivity index (χ1) is 13.9. The van der Waals surface area contributed by atoms with E-state index in [0.29, 0.717) is 35.3 Å². The molecule has 0 radical (unpaired) electrons. The molecule has 1 aliphatic heterocycles. The number of amides is 3. The van der Waals surface area contributed by atoms with Crippen molar-refractivity contribution in [3.05, 3.63) is 41.7 Å². The van der Waals surface area contributed by atoms with Crippen LogP contribution in [0.25, 0.3) is 5.65 Å². The van der Waals surface area contributed by atoms with E-state index in [1.54, 1.807) is 0 Å². The van der Waals surface area contributed by atoms with Crippen LogP contribution in [0.5, 0.6) is 0 Å². The molecule has 1 aliphatic carbocycles. The minimum Gasteiger partial charge on any atom is -0.402 e. The van der Waals surface area contributed by atoms with Crippen LogP contribution in [0.15, 0.2) is 35.5 Å². The van der Waals surface area contributed by atoms with E-state index in [1.165, 1.54) is 18.1 Å². The monoisotopic (exact) mass is 413 g/mol. The van der Waals surface area contributed by atoms with E-state index in [9.17, 15) is 9.59 Å². The summed E-state index contributed by atoms with van der Waals surface area (Å²) in [5, 5.41) is 3.01. The number of nitrogens with one attached hydrogen (secondary N) is 1. The largest absolute Gasteiger partial charge is 0.402 e. The smallest absolute Gasteiger partial charge is 0.331 e. The van der Waals surface area contributed by atoms with Crippen LogP contribution in [0, 0.1) is 0 Å². The van der Waals surface area contributed by atoms with Gasteiger partial charge >= 0.3 is 6.03 Å². The number of hydrogen-bond acceptors (Lipinski definition) is 6. The number of fused-ring (bicyclic) bond motifs is 1. The average Bonchev–Trinajstić information content (AvgIpc) is 3.41. The van der Waals surface area contributed by atoms with E-state index in [0.717, 1.165) is 23.3 Å². The maximum Gasteiger partial charge on any atom is 0.331 e. The summed E-state index contributed by atoms with van der Waals surface area (Å²) in [7, 11) is 1.48. The van der Waals surface area contributed by atoms with Crippen LogP contribution < -0.4 is 27.4 Å². The van der Waals surface area contributed by atoms with Gasteiger partial charge in [-0.1, -0.05) is 7.43 Å². The number of pyridine rings is 1. The lowest BCUT2D eigenvalue weighted by molar-refractivity contribution is -0.123. The molecule has 160 valence electrons. The van der Waals surface area contributed by atoms with Gasteiger partial charge in [0, 0.05) is 25.6 Å². The van der Waals surface area contributed by atoms with Crippen molar-refractivity contribution in [1.82, 2.24) is 19.6 Å². The Labute approximate surface area is 174 Å². The summed E-state index contributed by atoms with van der Waals surface area (Å²) in [6.07, 6.45) is 7.38. The first-order valence-electron chi connectivity index (χ1n) is 9.22. The highest BCUT2D eigenvalue weighted by Crippen LogP contribution is 2.42. The zero-order valence-corrected chi connectivity index (χ0v) is 16.0. The van der Waals surface area contributed by atoms with Crippen molar-refractivity contribution in [3.8, 4) is 0 Å². The van der Waals surface area contributed by atoms with Gasteiger partial charge in [0.2, 0.25) is 5.91 Å². The van der Waals surface area contributed by atoms with Crippen LogP contribution in [-0.4, -0.2) is 45.8 Å². The number of hydrogen-bond donors (Lipinski definition) is 4. The molecule has 3 heterocycles. The summed E-state index contributed by atoms with van der Waals surface area (Å²) >= 11 is 0. The molecule has 0 atom stereocenters. The normalized spacial score (nSPS) is 16.8. The molecule has 2 fully saturated rings. The molecular formula is C19H27N9O2. The number of carbonyl (C=O) groups excluding carboxylic acids is 2. The van der Waals surface area contributed by atoms with Gasteiger partial charge in [-0.15, -0.1) is 0 Å². The molecule has 4 rings (SSSR count). The maximum absolute atomic E-state index is 12.5. The number of nitrogens with two attached hydrogens (primary N) is 3. The van der Waals surface area contributed by atoms with Gasteiger partial charge < -0.3 is 26.9 Å². The van der Waals surface area contributed by atoms with Gasteiger partial charge in [0.1, 0.15) is 12.4 Å². The number of urea groups is 1. The standard InChI is InChI=1S/C18H23N9O2.CH4/c1-25-15(28)9-27(18(25)29)13-4-11(10-2-3-10)7-26-8-12(23-16(13)26)6-22-14(5-19)24-17(20)21;/h4-5,7-8,10,22H,2-3,6,9,19H2,1H3,(H4,20,21,24);1H4/b14-5-;. The third-order valence-corrected chi connectivity index (χ3v) is 4.99. The fourth-order valence-corrected chi connectivity index (χ4v) is 3.32. The molecule has 2 aromatic heterocycles. The van der Waals surface area contributed by atoms with Crippen molar-refractivity contribution in [2.24, 2.45) is 22.2 Å². The molecule has 30 heavy (non-hydrogen) atoms. The lowest BCUT2D eigenvalue weighted by Gasteiger charge is -2.17. The number of aromatic nitrogens is 2. The summed E-state index contributed by atoms with van der Waals surface area (Å²) in [5.74, 6) is 0.445. The number of nitrogens with zero attached hydrogens (tertiary/aromatic N) is 5. The molecule has 0 bridgehead atoms. The zero-order chi connectivity index (χ0) is 20.7. The number of guanidine groups is 1. The Kier molecular flexibility index (Phi) is 5.54. The second-order valence-electron chi connectivity index (χ2n) is 7.16. The molecule has 0 spiro atoms. The summed E-state index contributed by atoms with van der Waals surface area (Å²) in [6, 6.07) is 1.61. The number of imidazole rings is 1. The first-order valence-corrected chi connectivity index (χ1v) is 9.22. The van der Waals surface area contributed by atoms with Crippen LogP contribution in [0.3, 0.4) is 0 Å². The van der Waals surface area contributed by atoms with Crippen LogP contribution >= 0.6 is 0 Å². The van der Waals surface area contributed by atoms with Crippen molar-refractivity contribution in [2.75, 3.05) is 18.5 Å². The predicted molar refractivity (Wildman–Crippen MR) is 114 cm³/mol. The van der Waals surface area contributed by atoms with Crippen LogP contribution in [0.2, 0.25) is 0 Å². The molecule has 11 nitrogen and oxygen atoms in total. The molecule has 0 unspecified atom stereocenters. The molecular weight excluding hydrogens is 386 g/mol. The summed E-state index contributed by atoms with van der Waals surface area (Å²) in [6.45, 7) is 0.330. The fourth-order valence-electron chi connectivity index (χ4n) is 3.32. The number of rotatable bonds is 6. The Morgan fingerprint density at radius 3 is 2.63 bits per heavy atom. The van der Waals surface area contributed by atoms with Crippen molar-refractivity contribution in [3.63, 3.8) is 0 Å². The van der Waals surface area contributed by atoms with Crippen molar-refractivity contribution >= 4 is 29.2 Å². The third kappa shape index (κ3) is 3.86. The Hall–Kier alpha value is -3.76. The minimum absolute atomic E-state index is 0. The lowest BCUT2D eigenvalue weighted by Crippen LogP contribution is -2.30. The lowest BCUT2D eigenvalue weighted by atomic mass is 10.1. The quantitative estimate of drug-likeness (QED) is 0.302. The SMILES string of the molecule is C.CN1C(=O)CN(c2cc(C3CC3)cn3cc(CN/C(=C/N)N=C(N)N)nc23)C1=O. The fraction of sp³-hybridized carbons (Fsp3) is 0.368. The Bertz CT molecular complexity index is 1050. The predicted octanol–water partition coefficient (Wildman–Crippen LogP) is 0.367. The highest BCUT2D eigenvalue weighted by Gasteiger charge is 2.36. The number of likely N-dealkylation sites (N-methyl/N-ethyl adjacent to an activating group) is 1. The first kappa shape index (κ1) is 21.0. The van der Waals surface area contributed by atoms with Gasteiger partial charge in [-0.3, -0.25) is 14.6 Å². The van der Waals surface area contributed by atoms with Gasteiger partial charge in [-0.25, -0.2) is 9.78 Å². The second kappa shape index (κ2) is 7.93. The highest BCUT2D eigenvalue weighted by atomic mass is 16.2. The number of carbonyl (C=O) groups is 2. The van der Waals surface area contributed by atoms with Crippen LogP contribution in [0.4, 0.5) is 10.5 Å². The van der Waals surface area contributed by atoms with E-state index in [2.05, 4.69) is 15.3 Å².